The Bertz CT molecular complexity index is 373. The molecule has 0 radical (unpaired) electrons. The van der Waals surface area contributed by atoms with E-state index in [1.807, 2.05) is 6.20 Å². The van der Waals surface area contributed by atoms with Crippen molar-refractivity contribution >= 4 is 5.97 Å². The van der Waals surface area contributed by atoms with Crippen LogP contribution in [0.25, 0.3) is 0 Å². The van der Waals surface area contributed by atoms with Crippen molar-refractivity contribution in [3.05, 3.63) is 17.5 Å². The molecule has 1 aliphatic rings. The van der Waals surface area contributed by atoms with Crippen molar-refractivity contribution in [2.75, 3.05) is 20.7 Å². The molecule has 1 aliphatic heterocycles. The Kier molecular flexibility index (Phi) is 2.73. The Balaban J connectivity index is 2.17. The highest BCUT2D eigenvalue weighted by Crippen LogP contribution is 2.17. The van der Waals surface area contributed by atoms with Gasteiger partial charge in [-0.05, 0) is 7.05 Å². The zero-order chi connectivity index (χ0) is 10.8. The first-order valence-electron chi connectivity index (χ1n) is 4.99. The molecule has 0 saturated carbocycles. The molecular weight excluding hydrogens is 194 g/mol. The molecule has 0 saturated heterocycles. The quantitative estimate of drug-likeness (QED) is 0.645. The Morgan fingerprint density at radius 1 is 1.67 bits per heavy atom. The SMILES string of the molecule is COC(=O)Cn1ncc2c1CCN(C)C2. The van der Waals surface area contributed by atoms with Crippen molar-refractivity contribution in [1.82, 2.24) is 14.7 Å². The predicted octanol–water partition coefficient (Wildman–Crippen LogP) is 0.0440. The van der Waals surface area contributed by atoms with Crippen LogP contribution in [-0.2, 0) is 29.0 Å². The number of hydrogen-bond donors (Lipinski definition) is 0. The Labute approximate surface area is 88.6 Å². The zero-order valence-electron chi connectivity index (χ0n) is 9.06. The van der Waals surface area contributed by atoms with Crippen LogP contribution < -0.4 is 0 Å². The van der Waals surface area contributed by atoms with Gasteiger partial charge in [0.2, 0.25) is 0 Å². The summed E-state index contributed by atoms with van der Waals surface area (Å²) in [6, 6.07) is 0. The van der Waals surface area contributed by atoms with Gasteiger partial charge in [-0.3, -0.25) is 9.48 Å². The van der Waals surface area contributed by atoms with Crippen LogP contribution in [0.5, 0.6) is 0 Å². The number of rotatable bonds is 2. The van der Waals surface area contributed by atoms with E-state index < -0.39 is 0 Å². The standard InChI is InChI=1S/C10H15N3O2/c1-12-4-3-9-8(6-12)5-11-13(9)7-10(14)15-2/h5H,3-4,6-7H2,1-2H3. The van der Waals surface area contributed by atoms with Gasteiger partial charge in [-0.2, -0.15) is 5.10 Å². The fourth-order valence-electron chi connectivity index (χ4n) is 1.86. The van der Waals surface area contributed by atoms with E-state index in [1.165, 1.54) is 18.4 Å². The maximum atomic E-state index is 11.1. The average molecular weight is 209 g/mol. The fraction of sp³-hybridized carbons (Fsp3) is 0.600. The summed E-state index contributed by atoms with van der Waals surface area (Å²) in [5, 5.41) is 4.21. The van der Waals surface area contributed by atoms with Crippen molar-refractivity contribution in [3.8, 4) is 0 Å². The van der Waals surface area contributed by atoms with Crippen LogP contribution in [0.15, 0.2) is 6.20 Å². The summed E-state index contributed by atoms with van der Waals surface area (Å²) in [6.07, 6.45) is 2.79. The van der Waals surface area contributed by atoms with E-state index in [0.717, 1.165) is 19.5 Å². The Morgan fingerprint density at radius 3 is 3.20 bits per heavy atom. The third-order valence-corrected chi connectivity index (χ3v) is 2.71. The highest BCUT2D eigenvalue weighted by molar-refractivity contribution is 5.68. The highest BCUT2D eigenvalue weighted by Gasteiger charge is 2.19. The Hall–Kier alpha value is -1.36. The van der Waals surface area contributed by atoms with Crippen molar-refractivity contribution in [1.29, 1.82) is 0 Å². The van der Waals surface area contributed by atoms with Gasteiger partial charge in [-0.1, -0.05) is 0 Å². The molecule has 0 N–H and O–H groups in total. The van der Waals surface area contributed by atoms with Gasteiger partial charge in [-0.15, -0.1) is 0 Å². The van der Waals surface area contributed by atoms with Crippen molar-refractivity contribution in [2.45, 2.75) is 19.5 Å². The molecule has 0 atom stereocenters. The molecule has 0 fully saturated rings. The number of aromatic nitrogens is 2. The number of fused-ring (bicyclic) bond motifs is 1. The second-order valence-corrected chi connectivity index (χ2v) is 3.84. The number of methoxy groups -OCH3 is 1. The first-order valence-corrected chi connectivity index (χ1v) is 4.99. The van der Waals surface area contributed by atoms with Gasteiger partial charge in [0, 0.05) is 30.8 Å². The fourth-order valence-corrected chi connectivity index (χ4v) is 1.86. The van der Waals surface area contributed by atoms with Crippen LogP contribution in [0.3, 0.4) is 0 Å². The molecule has 0 aromatic carbocycles. The van der Waals surface area contributed by atoms with Gasteiger partial charge in [0.05, 0.1) is 13.3 Å². The van der Waals surface area contributed by atoms with Gasteiger partial charge >= 0.3 is 5.97 Å². The molecular formula is C10H15N3O2. The first-order chi connectivity index (χ1) is 7.20. The molecule has 0 unspecified atom stereocenters. The maximum Gasteiger partial charge on any atom is 0.327 e. The van der Waals surface area contributed by atoms with Crippen molar-refractivity contribution in [2.24, 2.45) is 0 Å². The first kappa shape index (κ1) is 10.2. The largest absolute Gasteiger partial charge is 0.468 e. The smallest absolute Gasteiger partial charge is 0.327 e. The molecule has 82 valence electrons. The van der Waals surface area contributed by atoms with Crippen LogP contribution in [0, 0.1) is 0 Å². The lowest BCUT2D eigenvalue weighted by atomic mass is 10.1. The topological polar surface area (TPSA) is 47.4 Å². The summed E-state index contributed by atoms with van der Waals surface area (Å²) >= 11 is 0. The van der Waals surface area contributed by atoms with Crippen LogP contribution in [-0.4, -0.2) is 41.4 Å². The number of likely N-dealkylation sites (N-methyl/N-ethyl adjacent to an activating group) is 1. The molecule has 0 spiro atoms. The van der Waals surface area contributed by atoms with Crippen molar-refractivity contribution < 1.29 is 9.53 Å². The molecule has 5 heteroatoms. The average Bonchev–Trinajstić information content (AvgIpc) is 2.60. The van der Waals surface area contributed by atoms with E-state index in [-0.39, 0.29) is 12.5 Å². The molecule has 0 bridgehead atoms. The lowest BCUT2D eigenvalue weighted by molar-refractivity contribution is -0.141. The van der Waals surface area contributed by atoms with Crippen LogP contribution in [0.1, 0.15) is 11.3 Å². The second kappa shape index (κ2) is 4.02. The number of carbonyl (C=O) groups excluding carboxylic acids is 1. The minimum atomic E-state index is -0.250. The van der Waals surface area contributed by atoms with Crippen LogP contribution in [0.2, 0.25) is 0 Å². The molecule has 15 heavy (non-hydrogen) atoms. The predicted molar refractivity (Wildman–Crippen MR) is 54.3 cm³/mol. The number of ether oxygens (including phenoxy) is 1. The highest BCUT2D eigenvalue weighted by atomic mass is 16.5. The monoisotopic (exact) mass is 209 g/mol. The molecule has 1 aromatic heterocycles. The minimum Gasteiger partial charge on any atom is -0.468 e. The summed E-state index contributed by atoms with van der Waals surface area (Å²) in [7, 11) is 3.48. The number of hydrogen-bond acceptors (Lipinski definition) is 4. The molecule has 1 aromatic rings. The Morgan fingerprint density at radius 2 is 2.47 bits per heavy atom. The summed E-state index contributed by atoms with van der Waals surface area (Å²) < 4.78 is 6.37. The molecule has 0 amide bonds. The summed E-state index contributed by atoms with van der Waals surface area (Å²) in [5.74, 6) is -0.250. The second-order valence-electron chi connectivity index (χ2n) is 3.84. The van der Waals surface area contributed by atoms with Gasteiger partial charge in [0.1, 0.15) is 6.54 Å². The molecule has 0 aliphatic carbocycles. The van der Waals surface area contributed by atoms with Gasteiger partial charge in [0.25, 0.3) is 0 Å². The normalized spacial score (nSPS) is 16.1. The van der Waals surface area contributed by atoms with Crippen molar-refractivity contribution in [3.63, 3.8) is 0 Å². The summed E-state index contributed by atoms with van der Waals surface area (Å²) in [5.41, 5.74) is 2.38. The van der Waals surface area contributed by atoms with E-state index in [1.54, 1.807) is 4.68 Å². The number of carbonyl (C=O) groups is 1. The van der Waals surface area contributed by atoms with E-state index in [0.29, 0.717) is 0 Å². The van der Waals surface area contributed by atoms with Crippen LogP contribution in [0.4, 0.5) is 0 Å². The van der Waals surface area contributed by atoms with Gasteiger partial charge < -0.3 is 9.64 Å². The van der Waals surface area contributed by atoms with E-state index in [9.17, 15) is 4.79 Å². The molecule has 5 nitrogen and oxygen atoms in total. The minimum absolute atomic E-state index is 0.218. The summed E-state index contributed by atoms with van der Waals surface area (Å²) in [4.78, 5) is 13.4. The zero-order valence-corrected chi connectivity index (χ0v) is 9.06. The van der Waals surface area contributed by atoms with Gasteiger partial charge in [0.15, 0.2) is 0 Å². The van der Waals surface area contributed by atoms with Crippen LogP contribution >= 0.6 is 0 Å². The third kappa shape index (κ3) is 2.02. The lowest BCUT2D eigenvalue weighted by Crippen LogP contribution is -2.28. The lowest BCUT2D eigenvalue weighted by Gasteiger charge is -2.22. The van der Waals surface area contributed by atoms with E-state index in [4.69, 9.17) is 0 Å². The number of esters is 1. The third-order valence-electron chi connectivity index (χ3n) is 2.71. The van der Waals surface area contributed by atoms with Gasteiger partial charge in [-0.25, -0.2) is 0 Å². The molecule has 2 heterocycles. The van der Waals surface area contributed by atoms with E-state index in [2.05, 4.69) is 21.8 Å². The molecule has 2 rings (SSSR count). The van der Waals surface area contributed by atoms with E-state index >= 15 is 0 Å². The summed E-state index contributed by atoms with van der Waals surface area (Å²) in [6.45, 7) is 2.14. The maximum absolute atomic E-state index is 11.1. The number of nitrogens with zero attached hydrogens (tertiary/aromatic N) is 3.